The van der Waals surface area contributed by atoms with Gasteiger partial charge in [0.1, 0.15) is 0 Å². The van der Waals surface area contributed by atoms with Crippen LogP contribution in [0.2, 0.25) is 0 Å². The van der Waals surface area contributed by atoms with Crippen LogP contribution in [0.4, 0.5) is 0 Å². The van der Waals surface area contributed by atoms with Crippen molar-refractivity contribution in [2.75, 3.05) is 7.11 Å². The summed E-state index contributed by atoms with van der Waals surface area (Å²) in [6.07, 6.45) is 1.38. The van der Waals surface area contributed by atoms with Crippen LogP contribution in [0.3, 0.4) is 0 Å². The monoisotopic (exact) mass is 295 g/mol. The first-order valence-electron chi connectivity index (χ1n) is 5.68. The van der Waals surface area contributed by atoms with Gasteiger partial charge in [0.15, 0.2) is 0 Å². The van der Waals surface area contributed by atoms with Gasteiger partial charge in [-0.1, -0.05) is 24.8 Å². The smallest absolute Gasteiger partial charge is 0.263 e. The van der Waals surface area contributed by atoms with E-state index in [1.807, 2.05) is 0 Å². The highest BCUT2D eigenvalue weighted by Crippen LogP contribution is 2.10. The molecule has 0 radical (unpaired) electrons. The van der Waals surface area contributed by atoms with Gasteiger partial charge in [0, 0.05) is 6.21 Å². The Bertz CT molecular complexity index is 634. The number of hydrogen-bond acceptors (Lipinski definition) is 5. The standard InChI is InChI=1S/C13H17N3O3S/c1-10(2)9-15-13(12(14)19-3)16-20(17,18)11-7-5-4-6-8-11/h4-9,16H,1,14H2,2-3H3/b13-12-,15-9-. The molecule has 20 heavy (non-hydrogen) atoms. The number of aliphatic imine (C=N–C) groups is 1. The Kier molecular flexibility index (Phi) is 5.33. The average Bonchev–Trinajstić information content (AvgIpc) is 2.43. The summed E-state index contributed by atoms with van der Waals surface area (Å²) in [4.78, 5) is 4.02. The number of nitrogens with zero attached hydrogens (tertiary/aromatic N) is 1. The molecule has 0 aliphatic rings. The van der Waals surface area contributed by atoms with Crippen LogP contribution < -0.4 is 10.5 Å². The minimum absolute atomic E-state index is 0.0978. The largest absolute Gasteiger partial charge is 0.480 e. The molecule has 0 heterocycles. The lowest BCUT2D eigenvalue weighted by Crippen LogP contribution is -2.25. The zero-order valence-electron chi connectivity index (χ0n) is 11.3. The number of rotatable bonds is 6. The van der Waals surface area contributed by atoms with Gasteiger partial charge in [0.2, 0.25) is 11.7 Å². The van der Waals surface area contributed by atoms with Crippen LogP contribution in [-0.4, -0.2) is 21.7 Å². The summed E-state index contributed by atoms with van der Waals surface area (Å²) in [6.45, 7) is 5.35. The molecule has 1 rings (SSSR count). The van der Waals surface area contributed by atoms with E-state index in [1.54, 1.807) is 25.1 Å². The summed E-state index contributed by atoms with van der Waals surface area (Å²) in [7, 11) is -2.45. The number of methoxy groups -OCH3 is 1. The highest BCUT2D eigenvalue weighted by molar-refractivity contribution is 7.89. The molecular weight excluding hydrogens is 278 g/mol. The molecule has 0 amide bonds. The van der Waals surface area contributed by atoms with Crippen molar-refractivity contribution in [2.45, 2.75) is 11.8 Å². The van der Waals surface area contributed by atoms with Crippen molar-refractivity contribution in [3.05, 3.63) is 54.2 Å². The van der Waals surface area contributed by atoms with Crippen molar-refractivity contribution < 1.29 is 13.2 Å². The molecule has 0 fully saturated rings. The normalized spacial score (nSPS) is 12.9. The Morgan fingerprint density at radius 2 is 2.00 bits per heavy atom. The summed E-state index contributed by atoms with van der Waals surface area (Å²) in [6, 6.07) is 7.89. The van der Waals surface area contributed by atoms with Crippen molar-refractivity contribution in [3.8, 4) is 0 Å². The maximum atomic E-state index is 12.2. The summed E-state index contributed by atoms with van der Waals surface area (Å²) in [5.41, 5.74) is 6.22. The van der Waals surface area contributed by atoms with Crippen molar-refractivity contribution in [3.63, 3.8) is 0 Å². The number of nitrogens with two attached hydrogens (primary N) is 1. The zero-order valence-corrected chi connectivity index (χ0v) is 12.1. The average molecular weight is 295 g/mol. The van der Waals surface area contributed by atoms with Gasteiger partial charge in [-0.2, -0.15) is 0 Å². The number of sulfonamides is 1. The van der Waals surface area contributed by atoms with Crippen molar-refractivity contribution >= 4 is 16.2 Å². The van der Waals surface area contributed by atoms with E-state index >= 15 is 0 Å². The third-order valence-electron chi connectivity index (χ3n) is 2.15. The third kappa shape index (κ3) is 4.43. The van der Waals surface area contributed by atoms with E-state index in [2.05, 4.69) is 16.3 Å². The molecule has 0 atom stereocenters. The minimum Gasteiger partial charge on any atom is -0.480 e. The summed E-state index contributed by atoms with van der Waals surface area (Å²) < 4.78 is 31.4. The summed E-state index contributed by atoms with van der Waals surface area (Å²) >= 11 is 0. The molecule has 7 heteroatoms. The molecule has 0 spiro atoms. The van der Waals surface area contributed by atoms with Crippen LogP contribution in [0.15, 0.2) is 64.1 Å². The predicted octanol–water partition coefficient (Wildman–Crippen LogP) is 1.34. The summed E-state index contributed by atoms with van der Waals surface area (Å²) in [5.74, 6) is -0.235. The fourth-order valence-corrected chi connectivity index (χ4v) is 2.24. The predicted molar refractivity (Wildman–Crippen MR) is 78.3 cm³/mol. The molecule has 0 saturated heterocycles. The lowest BCUT2D eigenvalue weighted by atomic mass is 10.4. The first-order chi connectivity index (χ1) is 9.36. The number of ether oxygens (including phenoxy) is 1. The quantitative estimate of drug-likeness (QED) is 0.612. The molecule has 1 aromatic carbocycles. The summed E-state index contributed by atoms with van der Waals surface area (Å²) in [5, 5.41) is 0. The van der Waals surface area contributed by atoms with Gasteiger partial charge >= 0.3 is 0 Å². The Labute approximate surface area is 118 Å². The molecular formula is C13H17N3O3S. The van der Waals surface area contributed by atoms with Crippen molar-refractivity contribution in [1.82, 2.24) is 4.72 Å². The Morgan fingerprint density at radius 3 is 2.50 bits per heavy atom. The van der Waals surface area contributed by atoms with Crippen LogP contribution in [0.5, 0.6) is 0 Å². The van der Waals surface area contributed by atoms with Gasteiger partial charge in [0.25, 0.3) is 10.0 Å². The van der Waals surface area contributed by atoms with Crippen LogP contribution in [0.25, 0.3) is 0 Å². The molecule has 0 saturated carbocycles. The highest BCUT2D eigenvalue weighted by Gasteiger charge is 2.16. The number of allylic oxidation sites excluding steroid dienone is 1. The lowest BCUT2D eigenvalue weighted by molar-refractivity contribution is 0.280. The van der Waals surface area contributed by atoms with Gasteiger partial charge < -0.3 is 10.5 Å². The number of nitrogens with one attached hydrogen (secondary N) is 1. The molecule has 0 bridgehead atoms. The second-order valence-corrected chi connectivity index (χ2v) is 5.62. The van der Waals surface area contributed by atoms with E-state index in [1.165, 1.54) is 25.5 Å². The van der Waals surface area contributed by atoms with Crippen molar-refractivity contribution in [2.24, 2.45) is 10.7 Å². The molecule has 0 aromatic heterocycles. The first-order valence-corrected chi connectivity index (χ1v) is 7.16. The maximum Gasteiger partial charge on any atom is 0.263 e. The maximum absolute atomic E-state index is 12.2. The van der Waals surface area contributed by atoms with Crippen molar-refractivity contribution in [1.29, 1.82) is 0 Å². The van der Waals surface area contributed by atoms with Gasteiger partial charge in [-0.05, 0) is 24.6 Å². The van der Waals surface area contributed by atoms with Crippen LogP contribution in [0, 0.1) is 0 Å². The molecule has 3 N–H and O–H groups in total. The van der Waals surface area contributed by atoms with E-state index in [4.69, 9.17) is 10.5 Å². The number of hydrogen-bond donors (Lipinski definition) is 2. The lowest BCUT2D eigenvalue weighted by Gasteiger charge is -2.10. The molecule has 0 unspecified atom stereocenters. The van der Waals surface area contributed by atoms with Gasteiger partial charge in [-0.15, -0.1) is 0 Å². The molecule has 108 valence electrons. The Hall–Kier alpha value is -2.28. The van der Waals surface area contributed by atoms with Crippen LogP contribution in [0.1, 0.15) is 6.92 Å². The second-order valence-electron chi connectivity index (χ2n) is 3.94. The molecule has 0 aliphatic carbocycles. The first kappa shape index (κ1) is 15.8. The van der Waals surface area contributed by atoms with E-state index in [0.29, 0.717) is 5.57 Å². The molecule has 6 nitrogen and oxygen atoms in total. The minimum atomic E-state index is -3.77. The van der Waals surface area contributed by atoms with E-state index in [0.717, 1.165) is 0 Å². The van der Waals surface area contributed by atoms with Crippen LogP contribution in [-0.2, 0) is 14.8 Å². The van der Waals surface area contributed by atoms with Gasteiger partial charge in [-0.25, -0.2) is 13.4 Å². The van der Waals surface area contributed by atoms with E-state index in [9.17, 15) is 8.42 Å². The highest BCUT2D eigenvalue weighted by atomic mass is 32.2. The second kappa shape index (κ2) is 6.76. The van der Waals surface area contributed by atoms with Gasteiger partial charge in [-0.3, -0.25) is 4.72 Å². The van der Waals surface area contributed by atoms with Crippen LogP contribution >= 0.6 is 0 Å². The molecule has 0 aliphatic heterocycles. The Balaban J connectivity index is 3.11. The third-order valence-corrected chi connectivity index (χ3v) is 3.51. The fraction of sp³-hybridized carbons (Fsp3) is 0.154. The topological polar surface area (TPSA) is 93.8 Å². The zero-order chi connectivity index (χ0) is 15.2. The molecule has 1 aromatic rings. The Morgan fingerprint density at radius 1 is 1.40 bits per heavy atom. The van der Waals surface area contributed by atoms with E-state index in [-0.39, 0.29) is 16.6 Å². The van der Waals surface area contributed by atoms with E-state index < -0.39 is 10.0 Å². The SMILES string of the molecule is C=C(C)/C=N\C(NS(=O)(=O)c1ccccc1)=C(/N)OC. The van der Waals surface area contributed by atoms with Gasteiger partial charge in [0.05, 0.1) is 12.0 Å². The number of benzene rings is 1. The fourth-order valence-electron chi connectivity index (χ4n) is 1.20.